The van der Waals surface area contributed by atoms with Crippen LogP contribution in [-0.2, 0) is 4.79 Å². The number of carboxylic acid groups (broad SMARTS) is 1. The zero-order chi connectivity index (χ0) is 15.4. The van der Waals surface area contributed by atoms with Gasteiger partial charge in [0.15, 0.2) is 0 Å². The maximum absolute atomic E-state index is 12.0. The van der Waals surface area contributed by atoms with Crippen molar-refractivity contribution in [1.82, 2.24) is 15.1 Å². The lowest BCUT2D eigenvalue weighted by molar-refractivity contribution is -0.124. The van der Waals surface area contributed by atoms with Crippen LogP contribution in [0.4, 0.5) is 0 Å². The minimum Gasteiger partial charge on any atom is -0.478 e. The fourth-order valence-corrected chi connectivity index (χ4v) is 2.09. The summed E-state index contributed by atoms with van der Waals surface area (Å²) in [5.41, 5.74) is 1.10. The highest BCUT2D eigenvalue weighted by Gasteiger charge is 2.23. The maximum Gasteiger partial charge on any atom is 0.339 e. The zero-order valence-electron chi connectivity index (χ0n) is 12.7. The van der Waals surface area contributed by atoms with Gasteiger partial charge in [-0.3, -0.25) is 9.48 Å². The van der Waals surface area contributed by atoms with Gasteiger partial charge in [-0.15, -0.1) is 0 Å². The van der Waals surface area contributed by atoms with Crippen molar-refractivity contribution >= 4 is 11.9 Å². The fourth-order valence-electron chi connectivity index (χ4n) is 2.09. The molecule has 0 aliphatic carbocycles. The molecule has 0 aliphatic heterocycles. The van der Waals surface area contributed by atoms with Gasteiger partial charge in [0.05, 0.1) is 11.4 Å². The van der Waals surface area contributed by atoms with Gasteiger partial charge in [-0.25, -0.2) is 4.79 Å². The topological polar surface area (TPSA) is 84.2 Å². The summed E-state index contributed by atoms with van der Waals surface area (Å²) in [5.74, 6) is -0.634. The maximum atomic E-state index is 12.0. The Morgan fingerprint density at radius 1 is 1.30 bits per heavy atom. The zero-order valence-corrected chi connectivity index (χ0v) is 12.7. The van der Waals surface area contributed by atoms with E-state index in [0.717, 1.165) is 6.42 Å². The van der Waals surface area contributed by atoms with Crippen molar-refractivity contribution in [3.63, 3.8) is 0 Å². The first-order valence-electron chi connectivity index (χ1n) is 6.82. The van der Waals surface area contributed by atoms with Crippen molar-refractivity contribution in [1.29, 1.82) is 0 Å². The Balaban J connectivity index is 2.82. The molecule has 1 unspecified atom stereocenters. The molecule has 20 heavy (non-hydrogen) atoms. The van der Waals surface area contributed by atoms with E-state index in [9.17, 15) is 9.59 Å². The second-order valence-corrected chi connectivity index (χ2v) is 5.45. The molecule has 1 amide bonds. The van der Waals surface area contributed by atoms with Gasteiger partial charge < -0.3 is 10.4 Å². The molecule has 1 rings (SSSR count). The monoisotopic (exact) mass is 281 g/mol. The molecule has 1 aromatic rings. The Hall–Kier alpha value is -1.85. The Bertz CT molecular complexity index is 506. The number of aromatic nitrogens is 2. The predicted molar refractivity (Wildman–Crippen MR) is 75.8 cm³/mol. The average molecular weight is 281 g/mol. The van der Waals surface area contributed by atoms with E-state index in [4.69, 9.17) is 5.11 Å². The molecule has 0 fully saturated rings. The Morgan fingerprint density at radius 3 is 2.35 bits per heavy atom. The molecular weight excluding hydrogens is 258 g/mol. The first-order valence-corrected chi connectivity index (χ1v) is 6.82. The number of nitrogens with one attached hydrogen (secondary N) is 1. The minimum atomic E-state index is -1.02. The SMILES string of the molecule is Cc1nn(C(C)C(=O)NCCC(C)C)c(C)c1C(=O)O. The fraction of sp³-hybridized carbons (Fsp3) is 0.643. The third kappa shape index (κ3) is 3.59. The largest absolute Gasteiger partial charge is 0.478 e. The minimum absolute atomic E-state index is 0.145. The van der Waals surface area contributed by atoms with Crippen LogP contribution in [0.15, 0.2) is 0 Å². The van der Waals surface area contributed by atoms with Crippen molar-refractivity contribution < 1.29 is 14.7 Å². The number of nitrogens with zero attached hydrogens (tertiary/aromatic N) is 2. The highest BCUT2D eigenvalue weighted by molar-refractivity contribution is 5.90. The Morgan fingerprint density at radius 2 is 1.90 bits per heavy atom. The van der Waals surface area contributed by atoms with Gasteiger partial charge in [0.1, 0.15) is 11.6 Å². The molecule has 0 aliphatic rings. The molecule has 1 atom stereocenters. The molecule has 0 saturated carbocycles. The quantitative estimate of drug-likeness (QED) is 0.834. The summed E-state index contributed by atoms with van der Waals surface area (Å²) >= 11 is 0. The lowest BCUT2D eigenvalue weighted by Gasteiger charge is -2.15. The predicted octanol–water partition coefficient (Wildman–Crippen LogP) is 1.92. The summed E-state index contributed by atoms with van der Waals surface area (Å²) in [5, 5.41) is 16.1. The molecule has 1 heterocycles. The lowest BCUT2D eigenvalue weighted by atomic mass is 10.1. The number of aromatic carboxylic acids is 1. The lowest BCUT2D eigenvalue weighted by Crippen LogP contribution is -2.33. The van der Waals surface area contributed by atoms with Crippen LogP contribution in [0.1, 0.15) is 55.0 Å². The summed E-state index contributed by atoms with van der Waals surface area (Å²) < 4.78 is 1.48. The van der Waals surface area contributed by atoms with Crippen molar-refractivity contribution in [2.75, 3.05) is 6.54 Å². The standard InChI is InChI=1S/C14H23N3O3/c1-8(2)6-7-15-13(18)11(5)17-10(4)12(14(19)20)9(3)16-17/h8,11H,6-7H2,1-5H3,(H,15,18)(H,19,20). The van der Waals surface area contributed by atoms with Crippen molar-refractivity contribution in [2.45, 2.75) is 47.1 Å². The number of rotatable bonds is 6. The second-order valence-electron chi connectivity index (χ2n) is 5.45. The van der Waals surface area contributed by atoms with Crippen molar-refractivity contribution in [3.05, 3.63) is 17.0 Å². The summed E-state index contributed by atoms with van der Waals surface area (Å²) in [4.78, 5) is 23.2. The molecule has 0 radical (unpaired) electrons. The van der Waals surface area contributed by atoms with Gasteiger partial charge in [0.2, 0.25) is 5.91 Å². The highest BCUT2D eigenvalue weighted by Crippen LogP contribution is 2.17. The van der Waals surface area contributed by atoms with Crippen LogP contribution in [0.25, 0.3) is 0 Å². The third-order valence-corrected chi connectivity index (χ3v) is 3.31. The molecule has 6 heteroatoms. The summed E-state index contributed by atoms with van der Waals surface area (Å²) in [6.07, 6.45) is 0.913. The van der Waals surface area contributed by atoms with Crippen LogP contribution in [0, 0.1) is 19.8 Å². The average Bonchev–Trinajstić information content (AvgIpc) is 2.63. The van der Waals surface area contributed by atoms with Gasteiger partial charge in [0, 0.05) is 6.54 Å². The van der Waals surface area contributed by atoms with Gasteiger partial charge in [-0.1, -0.05) is 13.8 Å². The van der Waals surface area contributed by atoms with E-state index in [1.54, 1.807) is 20.8 Å². The van der Waals surface area contributed by atoms with E-state index >= 15 is 0 Å². The van der Waals surface area contributed by atoms with Crippen LogP contribution >= 0.6 is 0 Å². The molecule has 2 N–H and O–H groups in total. The van der Waals surface area contributed by atoms with E-state index in [1.165, 1.54) is 4.68 Å². The van der Waals surface area contributed by atoms with Gasteiger partial charge in [-0.2, -0.15) is 5.10 Å². The molecule has 0 saturated heterocycles. The van der Waals surface area contributed by atoms with E-state index in [2.05, 4.69) is 24.3 Å². The normalized spacial score (nSPS) is 12.5. The van der Waals surface area contributed by atoms with Gasteiger partial charge >= 0.3 is 5.97 Å². The summed E-state index contributed by atoms with van der Waals surface area (Å²) in [7, 11) is 0. The van der Waals surface area contributed by atoms with E-state index < -0.39 is 12.0 Å². The molecule has 0 spiro atoms. The van der Waals surface area contributed by atoms with E-state index in [1.807, 2.05) is 0 Å². The Labute approximate surface area is 119 Å². The first-order chi connectivity index (χ1) is 9.25. The number of amides is 1. The Kier molecular flexibility index (Phi) is 5.30. The molecule has 0 aromatic carbocycles. The smallest absolute Gasteiger partial charge is 0.339 e. The number of carbonyl (C=O) groups is 2. The molecule has 6 nitrogen and oxygen atoms in total. The first kappa shape index (κ1) is 16.2. The second kappa shape index (κ2) is 6.54. The van der Waals surface area contributed by atoms with Crippen LogP contribution in [0.5, 0.6) is 0 Å². The van der Waals surface area contributed by atoms with E-state index in [0.29, 0.717) is 23.9 Å². The number of carbonyl (C=O) groups excluding carboxylic acids is 1. The van der Waals surface area contributed by atoms with Gasteiger partial charge in [0.25, 0.3) is 0 Å². The van der Waals surface area contributed by atoms with Crippen molar-refractivity contribution in [3.8, 4) is 0 Å². The van der Waals surface area contributed by atoms with Crippen LogP contribution in [0.2, 0.25) is 0 Å². The van der Waals surface area contributed by atoms with Crippen LogP contribution < -0.4 is 5.32 Å². The van der Waals surface area contributed by atoms with Crippen LogP contribution in [-0.4, -0.2) is 33.3 Å². The summed E-state index contributed by atoms with van der Waals surface area (Å²) in [6.45, 7) is 9.82. The molecule has 1 aromatic heterocycles. The van der Waals surface area contributed by atoms with Crippen LogP contribution in [0.3, 0.4) is 0 Å². The van der Waals surface area contributed by atoms with Gasteiger partial charge in [-0.05, 0) is 33.1 Å². The number of carboxylic acids is 1. The number of hydrogen-bond acceptors (Lipinski definition) is 3. The molecule has 112 valence electrons. The highest BCUT2D eigenvalue weighted by atomic mass is 16.4. The summed E-state index contributed by atoms with van der Waals surface area (Å²) in [6, 6.07) is -0.519. The number of aryl methyl sites for hydroxylation is 1. The third-order valence-electron chi connectivity index (χ3n) is 3.31. The molecular formula is C14H23N3O3. The molecule has 0 bridgehead atoms. The number of hydrogen-bond donors (Lipinski definition) is 2. The van der Waals surface area contributed by atoms with E-state index in [-0.39, 0.29) is 11.5 Å². The van der Waals surface area contributed by atoms with Crippen molar-refractivity contribution in [2.24, 2.45) is 5.92 Å².